The van der Waals surface area contributed by atoms with Gasteiger partial charge in [0.05, 0.1) is 6.20 Å². The minimum atomic E-state index is -0.313. The number of primary amides is 1. The van der Waals surface area contributed by atoms with E-state index < -0.39 is 0 Å². The number of pyridine rings is 1. The molecule has 1 aliphatic carbocycles. The minimum Gasteiger partial charge on any atom is -0.369 e. The Morgan fingerprint density at radius 1 is 1.39 bits per heavy atom. The molecule has 0 saturated heterocycles. The summed E-state index contributed by atoms with van der Waals surface area (Å²) >= 11 is 0. The van der Waals surface area contributed by atoms with Gasteiger partial charge in [-0.2, -0.15) is 0 Å². The fourth-order valence-corrected chi connectivity index (χ4v) is 2.40. The van der Waals surface area contributed by atoms with Crippen LogP contribution in [0.25, 0.3) is 0 Å². The molecule has 98 valence electrons. The second-order valence-electron chi connectivity index (χ2n) is 4.84. The molecule has 1 fully saturated rings. The Morgan fingerprint density at radius 3 is 2.72 bits per heavy atom. The second kappa shape index (κ2) is 5.91. The summed E-state index contributed by atoms with van der Waals surface area (Å²) in [7, 11) is 0. The number of amides is 1. The number of halogens is 1. The van der Waals surface area contributed by atoms with Gasteiger partial charge in [-0.15, -0.1) is 0 Å². The third-order valence-corrected chi connectivity index (χ3v) is 3.49. The van der Waals surface area contributed by atoms with Crippen LogP contribution in [-0.4, -0.2) is 16.9 Å². The van der Waals surface area contributed by atoms with E-state index in [-0.39, 0.29) is 17.6 Å². The van der Waals surface area contributed by atoms with Crippen molar-refractivity contribution in [2.75, 3.05) is 0 Å². The van der Waals surface area contributed by atoms with Gasteiger partial charge in [0.1, 0.15) is 5.82 Å². The van der Waals surface area contributed by atoms with Crippen LogP contribution in [-0.2, 0) is 11.3 Å². The normalized spacial score (nSPS) is 23.8. The molecule has 0 aliphatic heterocycles. The highest BCUT2D eigenvalue weighted by Crippen LogP contribution is 2.24. The van der Waals surface area contributed by atoms with Gasteiger partial charge < -0.3 is 11.1 Å². The van der Waals surface area contributed by atoms with Gasteiger partial charge in [0.15, 0.2) is 0 Å². The first-order valence-electron chi connectivity index (χ1n) is 6.27. The van der Waals surface area contributed by atoms with E-state index in [9.17, 15) is 9.18 Å². The van der Waals surface area contributed by atoms with Crippen LogP contribution in [0.5, 0.6) is 0 Å². The monoisotopic (exact) mass is 251 g/mol. The van der Waals surface area contributed by atoms with Gasteiger partial charge in [0.2, 0.25) is 5.91 Å². The Bertz CT molecular complexity index is 416. The number of carbonyl (C=O) groups is 1. The van der Waals surface area contributed by atoms with Gasteiger partial charge in [-0.1, -0.05) is 0 Å². The highest BCUT2D eigenvalue weighted by atomic mass is 19.1. The first-order chi connectivity index (χ1) is 8.65. The van der Waals surface area contributed by atoms with Crippen molar-refractivity contribution in [1.82, 2.24) is 10.3 Å². The summed E-state index contributed by atoms with van der Waals surface area (Å²) in [6, 6.07) is 1.86. The SMILES string of the molecule is NC(=O)C1CCC(NCc2cncc(F)c2)CC1. The largest absolute Gasteiger partial charge is 0.369 e. The Morgan fingerprint density at radius 2 is 2.11 bits per heavy atom. The average molecular weight is 251 g/mol. The van der Waals surface area contributed by atoms with Gasteiger partial charge in [0, 0.05) is 24.7 Å². The Kier molecular flexibility index (Phi) is 4.25. The summed E-state index contributed by atoms with van der Waals surface area (Å²) in [6.45, 7) is 0.608. The molecular formula is C13H18FN3O. The molecule has 0 aromatic carbocycles. The van der Waals surface area contributed by atoms with Crippen LogP contribution in [0.15, 0.2) is 18.5 Å². The van der Waals surface area contributed by atoms with E-state index in [4.69, 9.17) is 5.73 Å². The molecule has 1 aliphatic rings. The molecule has 0 bridgehead atoms. The van der Waals surface area contributed by atoms with E-state index in [0.29, 0.717) is 12.6 Å². The molecule has 2 rings (SSSR count). The molecule has 1 aromatic rings. The van der Waals surface area contributed by atoms with Crippen molar-refractivity contribution < 1.29 is 9.18 Å². The summed E-state index contributed by atoms with van der Waals surface area (Å²) in [5, 5.41) is 3.37. The van der Waals surface area contributed by atoms with E-state index in [2.05, 4.69) is 10.3 Å². The van der Waals surface area contributed by atoms with E-state index >= 15 is 0 Å². The lowest BCUT2D eigenvalue weighted by Crippen LogP contribution is -2.36. The van der Waals surface area contributed by atoms with Gasteiger partial charge in [0.25, 0.3) is 0 Å². The molecule has 0 radical (unpaired) electrons. The molecule has 0 unspecified atom stereocenters. The number of rotatable bonds is 4. The number of carbonyl (C=O) groups excluding carboxylic acids is 1. The average Bonchev–Trinajstić information content (AvgIpc) is 2.37. The predicted molar refractivity (Wildman–Crippen MR) is 66.0 cm³/mol. The molecule has 1 heterocycles. The molecule has 1 amide bonds. The van der Waals surface area contributed by atoms with Crippen LogP contribution >= 0.6 is 0 Å². The second-order valence-corrected chi connectivity index (χ2v) is 4.84. The summed E-state index contributed by atoms with van der Waals surface area (Å²) < 4.78 is 12.9. The first kappa shape index (κ1) is 13.0. The Hall–Kier alpha value is -1.49. The van der Waals surface area contributed by atoms with Gasteiger partial charge >= 0.3 is 0 Å². The third-order valence-electron chi connectivity index (χ3n) is 3.49. The number of nitrogens with two attached hydrogens (primary N) is 1. The molecule has 3 N–H and O–H groups in total. The van der Waals surface area contributed by atoms with Crippen LogP contribution in [0.4, 0.5) is 4.39 Å². The maximum atomic E-state index is 12.9. The van der Waals surface area contributed by atoms with E-state index in [1.54, 1.807) is 6.20 Å². The Labute approximate surface area is 106 Å². The summed E-state index contributed by atoms with van der Waals surface area (Å²) in [6.07, 6.45) is 6.42. The zero-order valence-corrected chi connectivity index (χ0v) is 10.2. The molecule has 0 spiro atoms. The van der Waals surface area contributed by atoms with E-state index in [1.165, 1.54) is 12.3 Å². The molecule has 0 atom stereocenters. The maximum absolute atomic E-state index is 12.9. The zero-order valence-electron chi connectivity index (χ0n) is 10.2. The lowest BCUT2D eigenvalue weighted by atomic mass is 9.85. The van der Waals surface area contributed by atoms with Crippen LogP contribution in [0.2, 0.25) is 0 Å². The van der Waals surface area contributed by atoms with E-state index in [0.717, 1.165) is 31.2 Å². The Balaban J connectivity index is 1.77. The summed E-state index contributed by atoms with van der Waals surface area (Å²) in [4.78, 5) is 14.8. The van der Waals surface area contributed by atoms with E-state index in [1.807, 2.05) is 0 Å². The lowest BCUT2D eigenvalue weighted by molar-refractivity contribution is -0.122. The van der Waals surface area contributed by atoms with Crippen LogP contribution in [0.1, 0.15) is 31.2 Å². The summed E-state index contributed by atoms with van der Waals surface area (Å²) in [5.41, 5.74) is 6.12. The molecular weight excluding hydrogens is 233 g/mol. The molecule has 5 heteroatoms. The molecule has 18 heavy (non-hydrogen) atoms. The van der Waals surface area contributed by atoms with Gasteiger partial charge in [-0.25, -0.2) is 4.39 Å². The number of hydrogen-bond acceptors (Lipinski definition) is 3. The van der Waals surface area contributed by atoms with Crippen LogP contribution in [0.3, 0.4) is 0 Å². The fraction of sp³-hybridized carbons (Fsp3) is 0.538. The first-order valence-corrected chi connectivity index (χ1v) is 6.27. The van der Waals surface area contributed by atoms with Crippen molar-refractivity contribution in [1.29, 1.82) is 0 Å². The van der Waals surface area contributed by atoms with Gasteiger partial charge in [-0.3, -0.25) is 9.78 Å². The standard InChI is InChI=1S/C13H18FN3O/c14-11-5-9(6-16-8-11)7-17-12-3-1-10(2-4-12)13(15)18/h5-6,8,10,12,17H,1-4,7H2,(H2,15,18). The summed E-state index contributed by atoms with van der Waals surface area (Å²) in [5.74, 6) is -0.478. The van der Waals surface area contributed by atoms with Crippen LogP contribution < -0.4 is 11.1 Å². The van der Waals surface area contributed by atoms with Crippen molar-refractivity contribution in [2.45, 2.75) is 38.3 Å². The van der Waals surface area contributed by atoms with Crippen molar-refractivity contribution >= 4 is 5.91 Å². The molecule has 1 aromatic heterocycles. The number of nitrogens with zero attached hydrogens (tertiary/aromatic N) is 1. The van der Waals surface area contributed by atoms with Crippen molar-refractivity contribution in [3.8, 4) is 0 Å². The molecule has 1 saturated carbocycles. The minimum absolute atomic E-state index is 0.0267. The molecule has 4 nitrogen and oxygen atoms in total. The van der Waals surface area contributed by atoms with Crippen molar-refractivity contribution in [3.63, 3.8) is 0 Å². The third kappa shape index (κ3) is 3.50. The number of aromatic nitrogens is 1. The topological polar surface area (TPSA) is 68.0 Å². The number of hydrogen-bond donors (Lipinski definition) is 2. The maximum Gasteiger partial charge on any atom is 0.220 e. The zero-order chi connectivity index (χ0) is 13.0. The highest BCUT2D eigenvalue weighted by Gasteiger charge is 2.24. The van der Waals surface area contributed by atoms with Gasteiger partial charge in [-0.05, 0) is 37.3 Å². The van der Waals surface area contributed by atoms with Crippen molar-refractivity contribution in [2.24, 2.45) is 11.7 Å². The van der Waals surface area contributed by atoms with Crippen LogP contribution in [0, 0.1) is 11.7 Å². The quantitative estimate of drug-likeness (QED) is 0.849. The van der Waals surface area contributed by atoms with Crippen molar-refractivity contribution in [3.05, 3.63) is 29.8 Å². The smallest absolute Gasteiger partial charge is 0.220 e. The number of nitrogens with one attached hydrogen (secondary N) is 1. The lowest BCUT2D eigenvalue weighted by Gasteiger charge is -2.27. The predicted octanol–water partition coefficient (Wildman–Crippen LogP) is 1.35. The fourth-order valence-electron chi connectivity index (χ4n) is 2.40. The highest BCUT2D eigenvalue weighted by molar-refractivity contribution is 5.76.